The van der Waals surface area contributed by atoms with Crippen molar-refractivity contribution in [2.45, 2.75) is 65.8 Å². The van der Waals surface area contributed by atoms with Crippen molar-refractivity contribution in [3.05, 3.63) is 34.8 Å². The topological polar surface area (TPSA) is 63.1 Å². The molecule has 0 unspecified atom stereocenters. The normalized spacial score (nSPS) is 18.4. The second-order valence-corrected chi connectivity index (χ2v) is 7.82. The number of pyridine rings is 1. The highest BCUT2D eigenvalue weighted by Crippen LogP contribution is 2.28. The van der Waals surface area contributed by atoms with Gasteiger partial charge in [-0.25, -0.2) is 4.98 Å². The van der Waals surface area contributed by atoms with Crippen LogP contribution in [-0.4, -0.2) is 33.3 Å². The molecule has 1 saturated heterocycles. The van der Waals surface area contributed by atoms with Crippen molar-refractivity contribution in [3.63, 3.8) is 0 Å². The summed E-state index contributed by atoms with van der Waals surface area (Å²) in [5.41, 5.74) is 4.78. The lowest BCUT2D eigenvalue weighted by molar-refractivity contribution is -0.117. The molecule has 1 N–H and O–H groups in total. The lowest BCUT2D eigenvalue weighted by atomic mass is 9.98. The second-order valence-electron chi connectivity index (χ2n) is 7.82. The first-order chi connectivity index (χ1) is 12.8. The van der Waals surface area contributed by atoms with Crippen molar-refractivity contribution in [3.8, 4) is 0 Å². The third-order valence-corrected chi connectivity index (χ3v) is 5.78. The van der Waals surface area contributed by atoms with Gasteiger partial charge in [0.05, 0.1) is 23.5 Å². The SMILES string of the molecule is Cc1cc(NC(=O)[C@@H](C)c2c(C)nn(C)c2C)cnc1N1CCCC[C@@H]1C. The smallest absolute Gasteiger partial charge is 0.231 e. The van der Waals surface area contributed by atoms with Gasteiger partial charge in [-0.15, -0.1) is 0 Å². The Morgan fingerprint density at radius 3 is 2.63 bits per heavy atom. The molecular formula is C21H31N5O. The van der Waals surface area contributed by atoms with Gasteiger partial charge in [0.15, 0.2) is 0 Å². The molecule has 0 aliphatic carbocycles. The fourth-order valence-electron chi connectivity index (χ4n) is 4.15. The highest BCUT2D eigenvalue weighted by atomic mass is 16.1. The van der Waals surface area contributed by atoms with E-state index in [0.29, 0.717) is 6.04 Å². The van der Waals surface area contributed by atoms with Gasteiger partial charge >= 0.3 is 0 Å². The van der Waals surface area contributed by atoms with Crippen LogP contribution in [0.4, 0.5) is 11.5 Å². The number of rotatable bonds is 4. The fourth-order valence-corrected chi connectivity index (χ4v) is 4.15. The molecular weight excluding hydrogens is 338 g/mol. The van der Waals surface area contributed by atoms with Crippen LogP contribution in [0.2, 0.25) is 0 Å². The van der Waals surface area contributed by atoms with Crippen LogP contribution in [0, 0.1) is 20.8 Å². The average molecular weight is 370 g/mol. The summed E-state index contributed by atoms with van der Waals surface area (Å²) in [5.74, 6) is 0.738. The molecule has 0 spiro atoms. The first-order valence-electron chi connectivity index (χ1n) is 9.83. The van der Waals surface area contributed by atoms with E-state index < -0.39 is 0 Å². The molecule has 1 aliphatic heterocycles. The van der Waals surface area contributed by atoms with Gasteiger partial charge in [0.2, 0.25) is 5.91 Å². The van der Waals surface area contributed by atoms with Crippen LogP contribution in [-0.2, 0) is 11.8 Å². The number of carbonyl (C=O) groups is 1. The molecule has 0 bridgehead atoms. The Morgan fingerprint density at radius 1 is 1.30 bits per heavy atom. The molecule has 3 rings (SSSR count). The van der Waals surface area contributed by atoms with Gasteiger partial charge < -0.3 is 10.2 Å². The molecule has 1 amide bonds. The molecule has 0 aromatic carbocycles. The number of nitrogens with one attached hydrogen (secondary N) is 1. The maximum atomic E-state index is 12.8. The lowest BCUT2D eigenvalue weighted by Gasteiger charge is -2.35. The molecule has 27 heavy (non-hydrogen) atoms. The number of hydrogen-bond acceptors (Lipinski definition) is 4. The Morgan fingerprint density at radius 2 is 2.04 bits per heavy atom. The van der Waals surface area contributed by atoms with Gasteiger partial charge in [0, 0.05) is 30.9 Å². The molecule has 2 aromatic rings. The number of anilines is 2. The molecule has 1 fully saturated rings. The van der Waals surface area contributed by atoms with Crippen LogP contribution in [0.1, 0.15) is 61.5 Å². The summed E-state index contributed by atoms with van der Waals surface area (Å²) in [6, 6.07) is 2.54. The maximum Gasteiger partial charge on any atom is 0.231 e. The van der Waals surface area contributed by atoms with Crippen LogP contribution in [0.5, 0.6) is 0 Å². The third-order valence-electron chi connectivity index (χ3n) is 5.78. The molecule has 0 radical (unpaired) electrons. The van der Waals surface area contributed by atoms with Crippen molar-refractivity contribution >= 4 is 17.4 Å². The summed E-state index contributed by atoms with van der Waals surface area (Å²) < 4.78 is 1.83. The van der Waals surface area contributed by atoms with Crippen LogP contribution < -0.4 is 10.2 Å². The van der Waals surface area contributed by atoms with E-state index in [1.54, 1.807) is 6.20 Å². The number of piperidine rings is 1. The average Bonchev–Trinajstić information content (AvgIpc) is 2.87. The zero-order chi connectivity index (χ0) is 19.7. The van der Waals surface area contributed by atoms with Crippen molar-refractivity contribution in [1.29, 1.82) is 0 Å². The lowest BCUT2D eigenvalue weighted by Crippen LogP contribution is -2.38. The van der Waals surface area contributed by atoms with Crippen LogP contribution >= 0.6 is 0 Å². The minimum atomic E-state index is -0.263. The Kier molecular flexibility index (Phi) is 5.53. The highest BCUT2D eigenvalue weighted by molar-refractivity contribution is 5.96. The zero-order valence-electron chi connectivity index (χ0n) is 17.3. The van der Waals surface area contributed by atoms with E-state index in [4.69, 9.17) is 0 Å². The van der Waals surface area contributed by atoms with E-state index in [1.807, 2.05) is 38.6 Å². The van der Waals surface area contributed by atoms with E-state index in [2.05, 4.69) is 34.1 Å². The molecule has 6 heteroatoms. The number of carbonyl (C=O) groups excluding carboxylic acids is 1. The van der Waals surface area contributed by atoms with Crippen LogP contribution in [0.3, 0.4) is 0 Å². The third kappa shape index (κ3) is 3.84. The van der Waals surface area contributed by atoms with Gasteiger partial charge in [-0.2, -0.15) is 5.10 Å². The monoisotopic (exact) mass is 369 g/mol. The fraction of sp³-hybridized carbons (Fsp3) is 0.571. The van der Waals surface area contributed by atoms with E-state index >= 15 is 0 Å². The van der Waals surface area contributed by atoms with Crippen molar-refractivity contribution in [2.24, 2.45) is 7.05 Å². The molecule has 0 saturated carbocycles. The molecule has 1 aliphatic rings. The minimum absolute atomic E-state index is 0.0329. The predicted molar refractivity (Wildman–Crippen MR) is 109 cm³/mol. The Hall–Kier alpha value is -2.37. The number of aromatic nitrogens is 3. The molecule has 2 atom stereocenters. The Bertz CT molecular complexity index is 841. The maximum absolute atomic E-state index is 12.8. The van der Waals surface area contributed by atoms with Gasteiger partial charge in [-0.1, -0.05) is 0 Å². The van der Waals surface area contributed by atoms with E-state index in [0.717, 1.165) is 40.6 Å². The van der Waals surface area contributed by atoms with E-state index in [1.165, 1.54) is 19.3 Å². The molecule has 146 valence electrons. The largest absolute Gasteiger partial charge is 0.354 e. The summed E-state index contributed by atoms with van der Waals surface area (Å²) in [7, 11) is 1.91. The van der Waals surface area contributed by atoms with Gasteiger partial charge in [0.25, 0.3) is 0 Å². The number of aryl methyl sites for hydroxylation is 3. The summed E-state index contributed by atoms with van der Waals surface area (Å²) in [6.45, 7) is 11.3. The van der Waals surface area contributed by atoms with Gasteiger partial charge in [0.1, 0.15) is 5.82 Å². The Balaban J connectivity index is 1.75. The van der Waals surface area contributed by atoms with Crippen molar-refractivity contribution in [1.82, 2.24) is 14.8 Å². The van der Waals surface area contributed by atoms with Crippen LogP contribution in [0.15, 0.2) is 12.3 Å². The number of nitrogens with zero attached hydrogens (tertiary/aromatic N) is 4. The van der Waals surface area contributed by atoms with Gasteiger partial charge in [-0.05, 0) is 65.5 Å². The van der Waals surface area contributed by atoms with E-state index in [9.17, 15) is 4.79 Å². The minimum Gasteiger partial charge on any atom is -0.354 e. The second kappa shape index (κ2) is 7.71. The molecule has 6 nitrogen and oxygen atoms in total. The first kappa shape index (κ1) is 19.4. The summed E-state index contributed by atoms with van der Waals surface area (Å²) >= 11 is 0. The molecule has 2 aromatic heterocycles. The van der Waals surface area contributed by atoms with Gasteiger partial charge in [-0.3, -0.25) is 9.48 Å². The highest BCUT2D eigenvalue weighted by Gasteiger charge is 2.24. The standard InChI is InChI=1S/C21H31N5O/c1-13-11-18(12-22-20(13)26-10-8-7-9-14(26)2)23-21(27)15(3)19-16(4)24-25(6)17(19)5/h11-12,14-15H,7-10H2,1-6H3,(H,23,27)/t14-,15-/m0/s1. The van der Waals surface area contributed by atoms with Crippen molar-refractivity contribution < 1.29 is 4.79 Å². The van der Waals surface area contributed by atoms with Crippen LogP contribution in [0.25, 0.3) is 0 Å². The first-order valence-corrected chi connectivity index (χ1v) is 9.83. The van der Waals surface area contributed by atoms with E-state index in [-0.39, 0.29) is 11.8 Å². The zero-order valence-corrected chi connectivity index (χ0v) is 17.3. The summed E-state index contributed by atoms with van der Waals surface area (Å²) in [4.78, 5) is 19.8. The van der Waals surface area contributed by atoms with Crippen molar-refractivity contribution in [2.75, 3.05) is 16.8 Å². The number of amides is 1. The quantitative estimate of drug-likeness (QED) is 0.889. The number of hydrogen-bond donors (Lipinski definition) is 1. The molecule has 3 heterocycles. The predicted octanol–water partition coefficient (Wildman–Crippen LogP) is 3.86. The summed E-state index contributed by atoms with van der Waals surface area (Å²) in [6.07, 6.45) is 5.49. The Labute approximate surface area is 162 Å². The summed E-state index contributed by atoms with van der Waals surface area (Å²) in [5, 5.41) is 7.45.